The van der Waals surface area contributed by atoms with Gasteiger partial charge in [0.05, 0.1) is 0 Å². The molecule has 3 aliphatic rings. The Morgan fingerprint density at radius 2 is 1.76 bits per heavy atom. The van der Waals surface area contributed by atoms with Crippen LogP contribution < -0.4 is 5.32 Å². The normalized spacial score (nSPS) is 22.1. The molecule has 3 fully saturated rings. The Morgan fingerprint density at radius 1 is 0.970 bits per heavy atom. The number of hydrogen-bond donors (Lipinski definition) is 2. The van der Waals surface area contributed by atoms with Gasteiger partial charge in [-0.2, -0.15) is 0 Å². The van der Waals surface area contributed by atoms with Gasteiger partial charge in [0.25, 0.3) is 0 Å². The first-order valence-electron chi connectivity index (χ1n) is 12.4. The van der Waals surface area contributed by atoms with Crippen molar-refractivity contribution in [1.29, 1.82) is 0 Å². The number of likely N-dealkylation sites (tertiary alicyclic amines) is 1. The van der Waals surface area contributed by atoms with Gasteiger partial charge in [-0.25, -0.2) is 0 Å². The summed E-state index contributed by atoms with van der Waals surface area (Å²) < 4.78 is 0. The largest absolute Gasteiger partial charge is 0.355 e. The first-order valence-corrected chi connectivity index (χ1v) is 12.4. The van der Waals surface area contributed by atoms with Crippen molar-refractivity contribution in [2.75, 3.05) is 18.4 Å². The standard InChI is InChI=1S/C28H31N3O2/c32-26(19-10-14-31(15-11-19)27(33)23-18-28(23)12-3-4-13-28)29-22-8-5-7-20(16-22)25-17-21-6-1-2-9-24(21)30-25/h1-2,5-9,16-17,19,23,30H,3-4,10-15,18H2,(H,29,32). The van der Waals surface area contributed by atoms with Crippen molar-refractivity contribution in [3.63, 3.8) is 0 Å². The predicted octanol–water partition coefficient (Wildman–Crippen LogP) is 5.59. The number of aromatic amines is 1. The molecular formula is C28H31N3O2. The molecule has 5 heteroatoms. The summed E-state index contributed by atoms with van der Waals surface area (Å²) in [7, 11) is 0. The lowest BCUT2D eigenvalue weighted by Gasteiger charge is -2.32. The van der Waals surface area contributed by atoms with E-state index in [1.165, 1.54) is 31.1 Å². The van der Waals surface area contributed by atoms with E-state index >= 15 is 0 Å². The smallest absolute Gasteiger partial charge is 0.227 e. The number of rotatable bonds is 4. The average Bonchev–Trinajstić information content (AvgIpc) is 3.15. The van der Waals surface area contributed by atoms with E-state index in [2.05, 4.69) is 34.6 Å². The molecule has 1 atom stereocenters. The van der Waals surface area contributed by atoms with Crippen molar-refractivity contribution in [2.45, 2.75) is 44.9 Å². The lowest BCUT2D eigenvalue weighted by atomic mass is 9.94. The molecule has 2 N–H and O–H groups in total. The predicted molar refractivity (Wildman–Crippen MR) is 131 cm³/mol. The van der Waals surface area contributed by atoms with Crippen LogP contribution >= 0.6 is 0 Å². The van der Waals surface area contributed by atoms with Gasteiger partial charge in [-0.15, -0.1) is 0 Å². The Hall–Kier alpha value is -3.08. The lowest BCUT2D eigenvalue weighted by molar-refractivity contribution is -0.136. The number of anilines is 1. The molecule has 0 radical (unpaired) electrons. The molecule has 1 spiro atoms. The van der Waals surface area contributed by atoms with Crippen LogP contribution in [0.25, 0.3) is 22.2 Å². The Labute approximate surface area is 194 Å². The van der Waals surface area contributed by atoms with Gasteiger partial charge >= 0.3 is 0 Å². The summed E-state index contributed by atoms with van der Waals surface area (Å²) in [5, 5.41) is 4.29. The van der Waals surface area contributed by atoms with Crippen molar-refractivity contribution in [1.82, 2.24) is 9.88 Å². The van der Waals surface area contributed by atoms with Gasteiger partial charge in [-0.1, -0.05) is 43.2 Å². The van der Waals surface area contributed by atoms with Gasteiger partial charge in [0.2, 0.25) is 11.8 Å². The van der Waals surface area contributed by atoms with Gasteiger partial charge < -0.3 is 15.2 Å². The van der Waals surface area contributed by atoms with E-state index in [0.717, 1.165) is 41.7 Å². The molecule has 2 heterocycles. The van der Waals surface area contributed by atoms with Crippen molar-refractivity contribution in [3.05, 3.63) is 54.6 Å². The highest BCUT2D eigenvalue weighted by Gasteiger charge is 2.59. The molecule has 2 aromatic carbocycles. The Bertz CT molecular complexity index is 1170. The van der Waals surface area contributed by atoms with Crippen LogP contribution in [0.3, 0.4) is 0 Å². The third-order valence-electron chi connectivity index (χ3n) is 8.24. The highest BCUT2D eigenvalue weighted by molar-refractivity contribution is 5.94. The molecule has 170 valence electrons. The SMILES string of the molecule is O=C(Nc1cccc(-c2cc3ccccc3[nH]2)c1)C1CCN(C(=O)C2CC23CCCC3)CC1. The maximum Gasteiger partial charge on any atom is 0.227 e. The van der Waals surface area contributed by atoms with Crippen LogP contribution in [0.5, 0.6) is 0 Å². The zero-order valence-corrected chi connectivity index (χ0v) is 19.0. The summed E-state index contributed by atoms with van der Waals surface area (Å²) in [6.07, 6.45) is 7.64. The number of nitrogens with zero attached hydrogens (tertiary/aromatic N) is 1. The average molecular weight is 442 g/mol. The van der Waals surface area contributed by atoms with Crippen LogP contribution in [-0.2, 0) is 9.59 Å². The second-order valence-electron chi connectivity index (χ2n) is 10.3. The van der Waals surface area contributed by atoms with Crippen LogP contribution in [0, 0.1) is 17.3 Å². The van der Waals surface area contributed by atoms with Crippen LogP contribution in [0.15, 0.2) is 54.6 Å². The summed E-state index contributed by atoms with van der Waals surface area (Å²) in [5.74, 6) is 0.638. The minimum Gasteiger partial charge on any atom is -0.355 e. The molecule has 3 aromatic rings. The fourth-order valence-corrected chi connectivity index (χ4v) is 6.15. The molecule has 2 aliphatic carbocycles. The fourth-order valence-electron chi connectivity index (χ4n) is 6.15. The molecule has 5 nitrogen and oxygen atoms in total. The molecule has 1 unspecified atom stereocenters. The highest BCUT2D eigenvalue weighted by Crippen LogP contribution is 2.63. The molecule has 1 saturated heterocycles. The van der Waals surface area contributed by atoms with E-state index in [-0.39, 0.29) is 17.7 Å². The van der Waals surface area contributed by atoms with E-state index in [1.54, 1.807) is 0 Å². The Balaban J connectivity index is 1.06. The Morgan fingerprint density at radius 3 is 2.55 bits per heavy atom. The van der Waals surface area contributed by atoms with Gasteiger partial charge in [-0.05, 0) is 61.8 Å². The molecule has 0 bridgehead atoms. The zero-order valence-electron chi connectivity index (χ0n) is 19.0. The summed E-state index contributed by atoms with van der Waals surface area (Å²) in [6.45, 7) is 1.41. The van der Waals surface area contributed by atoms with E-state index in [4.69, 9.17) is 0 Å². The number of carbonyl (C=O) groups is 2. The molecule has 2 saturated carbocycles. The van der Waals surface area contributed by atoms with Crippen molar-refractivity contribution in [2.24, 2.45) is 17.3 Å². The van der Waals surface area contributed by atoms with Gasteiger partial charge in [0, 0.05) is 52.8 Å². The number of amides is 2. The first kappa shape index (κ1) is 20.5. The topological polar surface area (TPSA) is 65.2 Å². The van der Waals surface area contributed by atoms with Crippen LogP contribution in [0.4, 0.5) is 5.69 Å². The number of piperidine rings is 1. The van der Waals surface area contributed by atoms with E-state index < -0.39 is 0 Å². The maximum atomic E-state index is 13.0. The van der Waals surface area contributed by atoms with Gasteiger partial charge in [-0.3, -0.25) is 9.59 Å². The Kier molecular flexibility index (Phi) is 5.01. The van der Waals surface area contributed by atoms with Crippen LogP contribution in [-0.4, -0.2) is 34.8 Å². The van der Waals surface area contributed by atoms with Crippen molar-refractivity contribution in [3.8, 4) is 11.3 Å². The minimum atomic E-state index is -0.0366. The minimum absolute atomic E-state index is 0.0366. The quantitative estimate of drug-likeness (QED) is 0.554. The van der Waals surface area contributed by atoms with Gasteiger partial charge in [0.1, 0.15) is 0 Å². The molecule has 1 aromatic heterocycles. The third kappa shape index (κ3) is 3.84. The van der Waals surface area contributed by atoms with E-state index in [0.29, 0.717) is 24.4 Å². The monoisotopic (exact) mass is 441 g/mol. The molecule has 2 amide bonds. The van der Waals surface area contributed by atoms with Crippen molar-refractivity contribution < 1.29 is 9.59 Å². The van der Waals surface area contributed by atoms with Crippen LogP contribution in [0.2, 0.25) is 0 Å². The molecule has 33 heavy (non-hydrogen) atoms. The summed E-state index contributed by atoms with van der Waals surface area (Å²) in [4.78, 5) is 31.4. The fraction of sp³-hybridized carbons (Fsp3) is 0.429. The zero-order chi connectivity index (χ0) is 22.4. The molecule has 6 rings (SSSR count). The molecule has 1 aliphatic heterocycles. The second-order valence-corrected chi connectivity index (χ2v) is 10.3. The maximum absolute atomic E-state index is 13.0. The number of aromatic nitrogens is 1. The first-order chi connectivity index (χ1) is 16.1. The van der Waals surface area contributed by atoms with Crippen molar-refractivity contribution >= 4 is 28.4 Å². The summed E-state index contributed by atoms with van der Waals surface area (Å²) in [5.41, 5.74) is 4.36. The number of nitrogens with one attached hydrogen (secondary N) is 2. The third-order valence-corrected chi connectivity index (χ3v) is 8.24. The number of H-pyrrole nitrogens is 1. The lowest BCUT2D eigenvalue weighted by Crippen LogP contribution is -2.42. The van der Waals surface area contributed by atoms with E-state index in [9.17, 15) is 9.59 Å². The number of hydrogen-bond acceptors (Lipinski definition) is 2. The summed E-state index contributed by atoms with van der Waals surface area (Å²) in [6, 6.07) is 18.4. The highest BCUT2D eigenvalue weighted by atomic mass is 16.2. The van der Waals surface area contributed by atoms with Crippen LogP contribution in [0.1, 0.15) is 44.9 Å². The second kappa shape index (κ2) is 8.05. The molecular weight excluding hydrogens is 410 g/mol. The number of carbonyl (C=O) groups excluding carboxylic acids is 2. The number of para-hydroxylation sites is 1. The summed E-state index contributed by atoms with van der Waals surface area (Å²) >= 11 is 0. The number of benzene rings is 2. The van der Waals surface area contributed by atoms with Gasteiger partial charge in [0.15, 0.2) is 0 Å². The van der Waals surface area contributed by atoms with E-state index in [1.807, 2.05) is 35.2 Å². The number of fused-ring (bicyclic) bond motifs is 1.